The number of rotatable bonds is 9. The lowest BCUT2D eigenvalue weighted by atomic mass is 10.2. The first kappa shape index (κ1) is 23.5. The molecule has 2 aromatic carbocycles. The molecule has 0 radical (unpaired) electrons. The van der Waals surface area contributed by atoms with Crippen molar-refractivity contribution >= 4 is 39.2 Å². The Morgan fingerprint density at radius 1 is 1.07 bits per heavy atom. The zero-order chi connectivity index (χ0) is 22.3. The van der Waals surface area contributed by atoms with Crippen LogP contribution in [0.25, 0.3) is 0 Å². The van der Waals surface area contributed by atoms with Gasteiger partial charge in [-0.3, -0.25) is 4.79 Å². The molecule has 1 amide bonds. The molecule has 0 aliphatic heterocycles. The van der Waals surface area contributed by atoms with Crippen molar-refractivity contribution in [3.05, 3.63) is 46.4 Å². The van der Waals surface area contributed by atoms with E-state index in [-0.39, 0.29) is 5.56 Å². The molecule has 0 heterocycles. The first-order valence-corrected chi connectivity index (χ1v) is 10.3. The van der Waals surface area contributed by atoms with Crippen LogP contribution in [0.2, 0.25) is 0 Å². The first-order chi connectivity index (χ1) is 14.3. The van der Waals surface area contributed by atoms with Crippen LogP contribution >= 0.6 is 15.9 Å². The summed E-state index contributed by atoms with van der Waals surface area (Å²) in [6.07, 6.45) is 0. The summed E-state index contributed by atoms with van der Waals surface area (Å²) in [6, 6.07) is 11.0. The van der Waals surface area contributed by atoms with Gasteiger partial charge < -0.3 is 24.4 Å². The summed E-state index contributed by atoms with van der Waals surface area (Å²) < 4.78 is 16.1. The van der Waals surface area contributed by atoms with E-state index in [1.165, 1.54) is 26.4 Å². The second-order valence-electron chi connectivity index (χ2n) is 6.75. The van der Waals surface area contributed by atoms with Crippen molar-refractivity contribution < 1.29 is 23.8 Å². The van der Waals surface area contributed by atoms with Crippen LogP contribution in [0.5, 0.6) is 11.5 Å². The molecule has 0 aliphatic carbocycles. The molecule has 0 aliphatic rings. The number of halogens is 1. The van der Waals surface area contributed by atoms with Crippen LogP contribution in [0.3, 0.4) is 0 Å². The van der Waals surface area contributed by atoms with E-state index in [9.17, 15) is 9.59 Å². The minimum atomic E-state index is -0.653. The molecule has 0 saturated carbocycles. The van der Waals surface area contributed by atoms with Crippen molar-refractivity contribution in [3.63, 3.8) is 0 Å². The number of benzene rings is 2. The summed E-state index contributed by atoms with van der Waals surface area (Å²) in [7, 11) is 2.96. The van der Waals surface area contributed by atoms with Gasteiger partial charge in [0.2, 0.25) is 0 Å². The van der Waals surface area contributed by atoms with Gasteiger partial charge in [0.15, 0.2) is 6.61 Å². The van der Waals surface area contributed by atoms with Gasteiger partial charge in [0.05, 0.1) is 19.8 Å². The Hall–Kier alpha value is -2.74. The summed E-state index contributed by atoms with van der Waals surface area (Å²) in [6.45, 7) is 6.84. The third-order valence-electron chi connectivity index (χ3n) is 4.46. The van der Waals surface area contributed by atoms with Crippen molar-refractivity contribution in [1.29, 1.82) is 0 Å². The summed E-state index contributed by atoms with van der Waals surface area (Å²) in [4.78, 5) is 26.8. The Morgan fingerprint density at radius 2 is 1.63 bits per heavy atom. The molecule has 162 valence electrons. The number of ether oxygens (including phenoxy) is 3. The summed E-state index contributed by atoms with van der Waals surface area (Å²) in [5.74, 6) is -0.231. The summed E-state index contributed by atoms with van der Waals surface area (Å²) in [5, 5.41) is 2.72. The Labute approximate surface area is 185 Å². The Balaban J connectivity index is 1.97. The molecule has 8 heteroatoms. The number of hydrogen-bond acceptors (Lipinski definition) is 6. The van der Waals surface area contributed by atoms with Crippen molar-refractivity contribution in [3.8, 4) is 11.5 Å². The number of hydrogen-bond donors (Lipinski definition) is 1. The third kappa shape index (κ3) is 5.89. The normalized spacial score (nSPS) is 10.5. The quantitative estimate of drug-likeness (QED) is 0.534. The predicted molar refractivity (Wildman–Crippen MR) is 121 cm³/mol. The number of carbonyl (C=O) groups excluding carboxylic acids is 2. The second-order valence-corrected chi connectivity index (χ2v) is 7.54. The number of nitrogens with zero attached hydrogens (tertiary/aromatic N) is 1. The topological polar surface area (TPSA) is 77.1 Å². The smallest absolute Gasteiger partial charge is 0.338 e. The second kappa shape index (κ2) is 10.9. The average Bonchev–Trinajstić information content (AvgIpc) is 2.73. The molecule has 2 rings (SSSR count). The van der Waals surface area contributed by atoms with E-state index in [0.29, 0.717) is 27.7 Å². The van der Waals surface area contributed by atoms with Crippen LogP contribution in [0.1, 0.15) is 31.1 Å². The minimum Gasteiger partial charge on any atom is -0.495 e. The van der Waals surface area contributed by atoms with Gasteiger partial charge in [0, 0.05) is 24.0 Å². The Kier molecular flexibility index (Phi) is 8.53. The van der Waals surface area contributed by atoms with Crippen LogP contribution < -0.4 is 19.7 Å². The number of nitrogens with one attached hydrogen (secondary N) is 1. The van der Waals surface area contributed by atoms with E-state index in [4.69, 9.17) is 14.2 Å². The Morgan fingerprint density at radius 3 is 2.10 bits per heavy atom. The largest absolute Gasteiger partial charge is 0.495 e. The van der Waals surface area contributed by atoms with E-state index in [0.717, 1.165) is 12.2 Å². The van der Waals surface area contributed by atoms with E-state index in [2.05, 4.69) is 46.9 Å². The number of methoxy groups -OCH3 is 2. The molecule has 0 aromatic heterocycles. The fraction of sp³-hybridized carbons (Fsp3) is 0.364. The van der Waals surface area contributed by atoms with Crippen LogP contribution in [-0.4, -0.2) is 45.3 Å². The maximum Gasteiger partial charge on any atom is 0.338 e. The molecule has 0 bridgehead atoms. The number of carbonyl (C=O) groups is 2. The van der Waals surface area contributed by atoms with Gasteiger partial charge in [-0.2, -0.15) is 0 Å². The molecule has 0 unspecified atom stereocenters. The van der Waals surface area contributed by atoms with E-state index in [1.54, 1.807) is 0 Å². The number of amides is 1. The molecule has 0 spiro atoms. The van der Waals surface area contributed by atoms with Crippen molar-refractivity contribution in [1.82, 2.24) is 0 Å². The predicted octanol–water partition coefficient (Wildman–Crippen LogP) is 4.50. The van der Waals surface area contributed by atoms with E-state index in [1.807, 2.05) is 24.3 Å². The van der Waals surface area contributed by atoms with Gasteiger partial charge in [-0.1, -0.05) is 0 Å². The minimum absolute atomic E-state index is 0.220. The highest BCUT2D eigenvalue weighted by Crippen LogP contribution is 2.35. The molecule has 30 heavy (non-hydrogen) atoms. The number of esters is 1. The van der Waals surface area contributed by atoms with Gasteiger partial charge in [-0.05, 0) is 73.1 Å². The molecule has 0 atom stereocenters. The lowest BCUT2D eigenvalue weighted by Gasteiger charge is -2.27. The van der Waals surface area contributed by atoms with Crippen molar-refractivity contribution in [2.75, 3.05) is 37.6 Å². The number of anilines is 2. The fourth-order valence-electron chi connectivity index (χ4n) is 2.98. The fourth-order valence-corrected chi connectivity index (χ4v) is 3.53. The maximum atomic E-state index is 12.3. The maximum absolute atomic E-state index is 12.3. The van der Waals surface area contributed by atoms with Gasteiger partial charge in [-0.25, -0.2) is 4.79 Å². The molecular formula is C22H27BrN2O5. The van der Waals surface area contributed by atoms with Crippen LogP contribution in [0.15, 0.2) is 40.9 Å². The highest BCUT2D eigenvalue weighted by atomic mass is 79.9. The molecular weight excluding hydrogens is 452 g/mol. The highest BCUT2D eigenvalue weighted by Gasteiger charge is 2.17. The summed E-state index contributed by atoms with van der Waals surface area (Å²) >= 11 is 3.34. The molecule has 2 aromatic rings. The average molecular weight is 479 g/mol. The molecule has 1 N–H and O–H groups in total. The lowest BCUT2D eigenvalue weighted by Crippen LogP contribution is -2.30. The van der Waals surface area contributed by atoms with Gasteiger partial charge in [-0.15, -0.1) is 0 Å². The van der Waals surface area contributed by atoms with Crippen molar-refractivity contribution in [2.45, 2.75) is 26.8 Å². The Bertz CT molecular complexity index is 859. The van der Waals surface area contributed by atoms with E-state index >= 15 is 0 Å². The van der Waals surface area contributed by atoms with Crippen LogP contribution in [0.4, 0.5) is 11.4 Å². The summed E-state index contributed by atoms with van der Waals surface area (Å²) in [5.41, 5.74) is 1.93. The molecule has 0 saturated heterocycles. The highest BCUT2D eigenvalue weighted by molar-refractivity contribution is 9.10. The van der Waals surface area contributed by atoms with Gasteiger partial charge >= 0.3 is 5.97 Å². The molecule has 7 nitrogen and oxygen atoms in total. The van der Waals surface area contributed by atoms with Crippen molar-refractivity contribution in [2.24, 2.45) is 0 Å². The molecule has 0 fully saturated rings. The standard InChI is InChI=1S/C22H27BrN2O5/c1-6-25(14(2)3)17-9-7-16(8-10-17)24-20(26)13-30-22(27)15-11-18(28-4)21(23)19(12-15)29-5/h7-12,14H,6,13H2,1-5H3,(H,24,26). The van der Waals surface area contributed by atoms with Crippen LogP contribution in [-0.2, 0) is 9.53 Å². The first-order valence-electron chi connectivity index (χ1n) is 9.55. The zero-order valence-electron chi connectivity index (χ0n) is 17.8. The monoisotopic (exact) mass is 478 g/mol. The van der Waals surface area contributed by atoms with Gasteiger partial charge in [0.1, 0.15) is 16.0 Å². The SMILES string of the molecule is CCN(c1ccc(NC(=O)COC(=O)c2cc(OC)c(Br)c(OC)c2)cc1)C(C)C. The van der Waals surface area contributed by atoms with Gasteiger partial charge in [0.25, 0.3) is 5.91 Å². The lowest BCUT2D eigenvalue weighted by molar-refractivity contribution is -0.119. The third-order valence-corrected chi connectivity index (χ3v) is 5.24. The zero-order valence-corrected chi connectivity index (χ0v) is 19.4. The van der Waals surface area contributed by atoms with E-state index < -0.39 is 18.5 Å². The van der Waals surface area contributed by atoms with Crippen LogP contribution in [0, 0.1) is 0 Å².